The van der Waals surface area contributed by atoms with Crippen molar-refractivity contribution >= 4 is 22.2 Å². The Hall–Kier alpha value is -0.370. The van der Waals surface area contributed by atoms with E-state index in [2.05, 4.69) is 28.9 Å². The van der Waals surface area contributed by atoms with Crippen LogP contribution in [0.4, 0.5) is 0 Å². The Bertz CT molecular complexity index is 203. The standard InChI is InChI=1S/C8H9BrO/c1-6-3-2-4-8(9)7(6)5-10/h2,4-6H,3H2,1H3/t6-/m1/s1. The first-order valence-corrected chi connectivity index (χ1v) is 4.06. The largest absolute Gasteiger partial charge is 0.298 e. The molecule has 0 aromatic heterocycles. The van der Waals surface area contributed by atoms with Crippen LogP contribution in [-0.2, 0) is 4.79 Å². The average Bonchev–Trinajstić information content (AvgIpc) is 1.88. The Balaban J connectivity index is 2.94. The van der Waals surface area contributed by atoms with Gasteiger partial charge in [0.2, 0.25) is 0 Å². The number of rotatable bonds is 1. The summed E-state index contributed by atoms with van der Waals surface area (Å²) in [6.07, 6.45) is 5.91. The second-order valence-corrected chi connectivity index (χ2v) is 3.31. The summed E-state index contributed by atoms with van der Waals surface area (Å²) < 4.78 is 0.932. The molecule has 0 radical (unpaired) electrons. The van der Waals surface area contributed by atoms with Gasteiger partial charge in [-0.15, -0.1) is 0 Å². The molecule has 0 N–H and O–H groups in total. The molecule has 0 heterocycles. The van der Waals surface area contributed by atoms with Gasteiger partial charge in [0.1, 0.15) is 6.29 Å². The molecule has 1 rings (SSSR count). The van der Waals surface area contributed by atoms with Crippen LogP contribution in [0.1, 0.15) is 13.3 Å². The zero-order chi connectivity index (χ0) is 7.56. The van der Waals surface area contributed by atoms with Crippen molar-refractivity contribution in [3.8, 4) is 0 Å². The van der Waals surface area contributed by atoms with Crippen molar-refractivity contribution in [3.63, 3.8) is 0 Å². The number of aldehydes is 1. The highest BCUT2D eigenvalue weighted by atomic mass is 79.9. The Morgan fingerprint density at radius 2 is 2.50 bits per heavy atom. The van der Waals surface area contributed by atoms with Gasteiger partial charge in [-0.2, -0.15) is 0 Å². The lowest BCUT2D eigenvalue weighted by molar-refractivity contribution is -0.105. The molecule has 0 saturated carbocycles. The minimum atomic E-state index is 0.372. The lowest BCUT2D eigenvalue weighted by Crippen LogP contribution is -2.03. The van der Waals surface area contributed by atoms with Gasteiger partial charge in [-0.1, -0.05) is 35.0 Å². The molecule has 0 aliphatic heterocycles. The van der Waals surface area contributed by atoms with E-state index in [-0.39, 0.29) is 0 Å². The van der Waals surface area contributed by atoms with Crippen molar-refractivity contribution in [1.29, 1.82) is 0 Å². The van der Waals surface area contributed by atoms with Crippen LogP contribution < -0.4 is 0 Å². The molecule has 10 heavy (non-hydrogen) atoms. The molecule has 0 saturated heterocycles. The second-order valence-electron chi connectivity index (χ2n) is 2.46. The van der Waals surface area contributed by atoms with Gasteiger partial charge in [0.25, 0.3) is 0 Å². The fraction of sp³-hybridized carbons (Fsp3) is 0.375. The van der Waals surface area contributed by atoms with Crippen LogP contribution in [0.5, 0.6) is 0 Å². The maximum atomic E-state index is 10.5. The van der Waals surface area contributed by atoms with Crippen LogP contribution in [0.3, 0.4) is 0 Å². The summed E-state index contributed by atoms with van der Waals surface area (Å²) >= 11 is 3.32. The first kappa shape index (κ1) is 7.73. The lowest BCUT2D eigenvalue weighted by atomic mass is 9.95. The van der Waals surface area contributed by atoms with Gasteiger partial charge in [0, 0.05) is 10.1 Å². The van der Waals surface area contributed by atoms with Crippen LogP contribution in [0.25, 0.3) is 0 Å². The number of allylic oxidation sites excluding steroid dienone is 4. The van der Waals surface area contributed by atoms with Crippen molar-refractivity contribution in [3.05, 3.63) is 22.2 Å². The van der Waals surface area contributed by atoms with Gasteiger partial charge in [0.05, 0.1) is 0 Å². The van der Waals surface area contributed by atoms with E-state index in [0.29, 0.717) is 5.92 Å². The molecule has 0 fully saturated rings. The first-order valence-electron chi connectivity index (χ1n) is 3.27. The summed E-state index contributed by atoms with van der Waals surface area (Å²) in [6, 6.07) is 0. The minimum absolute atomic E-state index is 0.372. The number of carbonyl (C=O) groups excluding carboxylic acids is 1. The molecule has 1 aliphatic rings. The number of halogens is 1. The highest BCUT2D eigenvalue weighted by Crippen LogP contribution is 2.26. The first-order chi connectivity index (χ1) is 4.75. The molecule has 0 unspecified atom stereocenters. The topological polar surface area (TPSA) is 17.1 Å². The quantitative estimate of drug-likeness (QED) is 0.595. The summed E-state index contributed by atoms with van der Waals surface area (Å²) in [6.45, 7) is 2.05. The highest BCUT2D eigenvalue weighted by molar-refractivity contribution is 9.11. The van der Waals surface area contributed by atoms with E-state index in [0.717, 1.165) is 22.8 Å². The minimum Gasteiger partial charge on any atom is -0.298 e. The van der Waals surface area contributed by atoms with Gasteiger partial charge < -0.3 is 0 Å². The summed E-state index contributed by atoms with van der Waals surface area (Å²) in [7, 11) is 0. The molecule has 1 atom stereocenters. The fourth-order valence-corrected chi connectivity index (χ4v) is 1.68. The molecule has 1 nitrogen and oxygen atoms in total. The summed E-state index contributed by atoms with van der Waals surface area (Å²) in [5.74, 6) is 0.372. The van der Waals surface area contributed by atoms with Gasteiger partial charge in [-0.05, 0) is 12.3 Å². The molecule has 2 heteroatoms. The third-order valence-electron chi connectivity index (χ3n) is 1.69. The van der Waals surface area contributed by atoms with Gasteiger partial charge >= 0.3 is 0 Å². The molecule has 0 aromatic rings. The summed E-state index contributed by atoms with van der Waals surface area (Å²) in [5.41, 5.74) is 0.877. The maximum absolute atomic E-state index is 10.5. The number of hydrogen-bond acceptors (Lipinski definition) is 1. The Kier molecular flexibility index (Phi) is 2.44. The fourth-order valence-electron chi connectivity index (χ4n) is 1.01. The molecule has 0 bridgehead atoms. The van der Waals surface area contributed by atoms with Crippen LogP contribution in [0.15, 0.2) is 22.2 Å². The monoisotopic (exact) mass is 200 g/mol. The van der Waals surface area contributed by atoms with Crippen LogP contribution in [0, 0.1) is 5.92 Å². The SMILES string of the molecule is C[C@@H]1CC=CC(Br)=C1C=O. The highest BCUT2D eigenvalue weighted by Gasteiger charge is 2.12. The Morgan fingerprint density at radius 1 is 1.80 bits per heavy atom. The van der Waals surface area contributed by atoms with Crippen LogP contribution in [-0.4, -0.2) is 6.29 Å². The Labute approximate surface area is 68.9 Å². The van der Waals surface area contributed by atoms with Crippen molar-refractivity contribution in [2.45, 2.75) is 13.3 Å². The number of carbonyl (C=O) groups is 1. The second kappa shape index (κ2) is 3.15. The predicted octanol–water partition coefficient (Wildman–Crippen LogP) is 2.43. The van der Waals surface area contributed by atoms with Crippen LogP contribution >= 0.6 is 15.9 Å². The van der Waals surface area contributed by atoms with Gasteiger partial charge in [-0.25, -0.2) is 0 Å². The van der Waals surface area contributed by atoms with Crippen molar-refractivity contribution in [2.24, 2.45) is 5.92 Å². The predicted molar refractivity (Wildman–Crippen MR) is 44.9 cm³/mol. The maximum Gasteiger partial charge on any atom is 0.147 e. The molecule has 0 aromatic carbocycles. The van der Waals surface area contributed by atoms with E-state index in [1.807, 2.05) is 6.08 Å². The van der Waals surface area contributed by atoms with Gasteiger partial charge in [0.15, 0.2) is 0 Å². The number of hydrogen-bond donors (Lipinski definition) is 0. The zero-order valence-electron chi connectivity index (χ0n) is 5.80. The van der Waals surface area contributed by atoms with Crippen molar-refractivity contribution in [2.75, 3.05) is 0 Å². The molecule has 54 valence electrons. The van der Waals surface area contributed by atoms with E-state index in [1.165, 1.54) is 0 Å². The Morgan fingerprint density at radius 3 is 2.90 bits per heavy atom. The smallest absolute Gasteiger partial charge is 0.147 e. The van der Waals surface area contributed by atoms with E-state index in [1.54, 1.807) is 0 Å². The molecule has 0 amide bonds. The summed E-state index contributed by atoms with van der Waals surface area (Å²) in [5, 5.41) is 0. The van der Waals surface area contributed by atoms with Crippen molar-refractivity contribution < 1.29 is 4.79 Å². The van der Waals surface area contributed by atoms with E-state index >= 15 is 0 Å². The summed E-state index contributed by atoms with van der Waals surface area (Å²) in [4.78, 5) is 10.5. The molecular formula is C8H9BrO. The van der Waals surface area contributed by atoms with Crippen molar-refractivity contribution in [1.82, 2.24) is 0 Å². The van der Waals surface area contributed by atoms with E-state index < -0.39 is 0 Å². The van der Waals surface area contributed by atoms with E-state index in [4.69, 9.17) is 0 Å². The zero-order valence-corrected chi connectivity index (χ0v) is 7.39. The lowest BCUT2D eigenvalue weighted by Gasteiger charge is -2.13. The molecule has 0 spiro atoms. The average molecular weight is 201 g/mol. The molecular weight excluding hydrogens is 192 g/mol. The normalized spacial score (nSPS) is 25.2. The molecule has 1 aliphatic carbocycles. The van der Waals surface area contributed by atoms with E-state index in [9.17, 15) is 4.79 Å². The van der Waals surface area contributed by atoms with Gasteiger partial charge in [-0.3, -0.25) is 4.79 Å². The third kappa shape index (κ3) is 1.37. The third-order valence-corrected chi connectivity index (χ3v) is 2.41. The van der Waals surface area contributed by atoms with Crippen LogP contribution in [0.2, 0.25) is 0 Å².